The third-order valence-corrected chi connectivity index (χ3v) is 2.74. The van der Waals surface area contributed by atoms with Gasteiger partial charge in [0.05, 0.1) is 13.5 Å². The van der Waals surface area contributed by atoms with Gasteiger partial charge in [-0.15, -0.1) is 0 Å². The molecule has 110 valence electrons. The van der Waals surface area contributed by atoms with Gasteiger partial charge >= 0.3 is 12.0 Å². The van der Waals surface area contributed by atoms with E-state index in [1.807, 2.05) is 6.92 Å². The van der Waals surface area contributed by atoms with Crippen LogP contribution >= 0.6 is 0 Å². The van der Waals surface area contributed by atoms with Crippen molar-refractivity contribution in [2.45, 2.75) is 32.2 Å². The van der Waals surface area contributed by atoms with Crippen LogP contribution in [0.2, 0.25) is 0 Å². The van der Waals surface area contributed by atoms with Crippen molar-refractivity contribution in [3.8, 4) is 5.75 Å². The first-order chi connectivity index (χ1) is 9.55. The van der Waals surface area contributed by atoms with Crippen LogP contribution in [0.25, 0.3) is 0 Å². The lowest BCUT2D eigenvalue weighted by Crippen LogP contribution is -2.39. The number of benzene rings is 1. The van der Waals surface area contributed by atoms with E-state index >= 15 is 0 Å². The zero-order chi connectivity index (χ0) is 15.0. The van der Waals surface area contributed by atoms with Gasteiger partial charge in [0, 0.05) is 11.7 Å². The van der Waals surface area contributed by atoms with E-state index in [2.05, 4.69) is 10.6 Å². The Morgan fingerprint density at radius 1 is 1.30 bits per heavy atom. The molecule has 1 aromatic rings. The molecule has 0 fully saturated rings. The Bertz CT molecular complexity index is 445. The largest absolute Gasteiger partial charge is 0.497 e. The monoisotopic (exact) mass is 280 g/mol. The number of carboxylic acid groups (broad SMARTS) is 1. The van der Waals surface area contributed by atoms with Gasteiger partial charge in [-0.1, -0.05) is 13.3 Å². The summed E-state index contributed by atoms with van der Waals surface area (Å²) in [7, 11) is 1.57. The van der Waals surface area contributed by atoms with Crippen molar-refractivity contribution in [2.75, 3.05) is 12.4 Å². The predicted octanol–water partition coefficient (Wildman–Crippen LogP) is 2.46. The second kappa shape index (κ2) is 8.04. The average molecular weight is 280 g/mol. The van der Waals surface area contributed by atoms with Gasteiger partial charge in [-0.3, -0.25) is 4.79 Å². The fourth-order valence-electron chi connectivity index (χ4n) is 1.81. The molecule has 1 rings (SSSR count). The zero-order valence-corrected chi connectivity index (χ0v) is 11.7. The maximum absolute atomic E-state index is 11.8. The normalized spacial score (nSPS) is 11.5. The van der Waals surface area contributed by atoms with Crippen LogP contribution in [0.3, 0.4) is 0 Å². The van der Waals surface area contributed by atoms with Gasteiger partial charge < -0.3 is 20.5 Å². The molecule has 1 atom stereocenters. The number of carbonyl (C=O) groups excluding carboxylic acids is 1. The lowest BCUT2D eigenvalue weighted by molar-refractivity contribution is -0.137. The minimum Gasteiger partial charge on any atom is -0.497 e. The van der Waals surface area contributed by atoms with Crippen molar-refractivity contribution >= 4 is 17.7 Å². The maximum atomic E-state index is 11.8. The number of hydrogen-bond acceptors (Lipinski definition) is 3. The van der Waals surface area contributed by atoms with Crippen molar-refractivity contribution < 1.29 is 19.4 Å². The highest BCUT2D eigenvalue weighted by Crippen LogP contribution is 2.15. The molecule has 1 unspecified atom stereocenters. The SMILES string of the molecule is CCCC(CC(=O)O)NC(=O)Nc1ccc(OC)cc1. The summed E-state index contributed by atoms with van der Waals surface area (Å²) in [5.74, 6) is -0.223. The molecule has 0 aliphatic carbocycles. The Morgan fingerprint density at radius 3 is 2.45 bits per heavy atom. The number of aliphatic carboxylic acids is 1. The fourth-order valence-corrected chi connectivity index (χ4v) is 1.81. The summed E-state index contributed by atoms with van der Waals surface area (Å²) in [6, 6.07) is 6.12. The highest BCUT2D eigenvalue weighted by molar-refractivity contribution is 5.89. The highest BCUT2D eigenvalue weighted by Gasteiger charge is 2.15. The molecule has 0 aliphatic rings. The number of carboxylic acids is 1. The van der Waals surface area contributed by atoms with Crippen molar-refractivity contribution in [3.05, 3.63) is 24.3 Å². The molecule has 0 bridgehead atoms. The van der Waals surface area contributed by atoms with Gasteiger partial charge in [0.2, 0.25) is 0 Å². The van der Waals surface area contributed by atoms with Crippen LogP contribution in [0, 0.1) is 0 Å². The number of ether oxygens (including phenoxy) is 1. The Morgan fingerprint density at radius 2 is 1.95 bits per heavy atom. The zero-order valence-electron chi connectivity index (χ0n) is 11.7. The van der Waals surface area contributed by atoms with Gasteiger partial charge in [-0.25, -0.2) is 4.79 Å². The molecule has 1 aromatic carbocycles. The van der Waals surface area contributed by atoms with E-state index < -0.39 is 12.0 Å². The van der Waals surface area contributed by atoms with Gasteiger partial charge in [-0.2, -0.15) is 0 Å². The molecule has 0 heterocycles. The van der Waals surface area contributed by atoms with Gasteiger partial charge in [0.1, 0.15) is 5.75 Å². The van der Waals surface area contributed by atoms with Gasteiger partial charge in [0.25, 0.3) is 0 Å². The van der Waals surface area contributed by atoms with E-state index in [-0.39, 0.29) is 12.5 Å². The van der Waals surface area contributed by atoms with Crippen LogP contribution in [-0.4, -0.2) is 30.3 Å². The Labute approximate surface area is 118 Å². The second-order valence-corrected chi connectivity index (χ2v) is 4.41. The van der Waals surface area contributed by atoms with E-state index in [0.717, 1.165) is 6.42 Å². The smallest absolute Gasteiger partial charge is 0.319 e. The second-order valence-electron chi connectivity index (χ2n) is 4.41. The van der Waals surface area contributed by atoms with Crippen molar-refractivity contribution in [3.63, 3.8) is 0 Å². The number of nitrogens with one attached hydrogen (secondary N) is 2. The minimum absolute atomic E-state index is 0.0795. The molecule has 0 aromatic heterocycles. The van der Waals surface area contributed by atoms with Crippen LogP contribution in [0.5, 0.6) is 5.75 Å². The summed E-state index contributed by atoms with van der Waals surface area (Å²) in [4.78, 5) is 22.5. The van der Waals surface area contributed by atoms with E-state index in [0.29, 0.717) is 17.9 Å². The van der Waals surface area contributed by atoms with Crippen LogP contribution in [0.4, 0.5) is 10.5 Å². The Hall–Kier alpha value is -2.24. The molecule has 0 saturated heterocycles. The summed E-state index contributed by atoms with van der Waals surface area (Å²) in [5, 5.41) is 14.1. The quantitative estimate of drug-likeness (QED) is 0.716. The molecular formula is C14H20N2O4. The van der Waals surface area contributed by atoms with Crippen molar-refractivity contribution in [1.82, 2.24) is 5.32 Å². The van der Waals surface area contributed by atoms with E-state index in [4.69, 9.17) is 9.84 Å². The predicted molar refractivity (Wildman–Crippen MR) is 76.1 cm³/mol. The Kier molecular flexibility index (Phi) is 6.36. The van der Waals surface area contributed by atoms with E-state index in [1.165, 1.54) is 0 Å². The van der Waals surface area contributed by atoms with Crippen LogP contribution in [0.15, 0.2) is 24.3 Å². The number of carbonyl (C=O) groups is 2. The van der Waals surface area contributed by atoms with E-state index in [1.54, 1.807) is 31.4 Å². The highest BCUT2D eigenvalue weighted by atomic mass is 16.5. The molecule has 0 aliphatic heterocycles. The number of rotatable bonds is 7. The number of anilines is 1. The van der Waals surface area contributed by atoms with Crippen molar-refractivity contribution in [2.24, 2.45) is 0 Å². The first-order valence-corrected chi connectivity index (χ1v) is 6.48. The third-order valence-electron chi connectivity index (χ3n) is 2.74. The molecule has 0 radical (unpaired) electrons. The van der Waals surface area contributed by atoms with Gasteiger partial charge in [0.15, 0.2) is 0 Å². The van der Waals surface area contributed by atoms with Crippen LogP contribution in [-0.2, 0) is 4.79 Å². The first-order valence-electron chi connectivity index (χ1n) is 6.48. The molecule has 2 amide bonds. The summed E-state index contributed by atoms with van der Waals surface area (Å²) in [6.45, 7) is 1.94. The summed E-state index contributed by atoms with van der Waals surface area (Å²) in [5.41, 5.74) is 0.619. The molecule has 3 N–H and O–H groups in total. The standard InChI is InChI=1S/C14H20N2O4/c1-3-4-11(9-13(17)18)16-14(19)15-10-5-7-12(20-2)8-6-10/h5-8,11H,3-4,9H2,1-2H3,(H,17,18)(H2,15,16,19). The maximum Gasteiger partial charge on any atom is 0.319 e. The lowest BCUT2D eigenvalue weighted by atomic mass is 10.1. The Balaban J connectivity index is 2.53. The number of urea groups is 1. The lowest BCUT2D eigenvalue weighted by Gasteiger charge is -2.16. The summed E-state index contributed by atoms with van der Waals surface area (Å²) in [6.07, 6.45) is 1.35. The minimum atomic E-state index is -0.923. The van der Waals surface area contributed by atoms with Crippen molar-refractivity contribution in [1.29, 1.82) is 0 Å². The molecule has 0 spiro atoms. The molecular weight excluding hydrogens is 260 g/mol. The van der Waals surface area contributed by atoms with E-state index in [9.17, 15) is 9.59 Å². The topological polar surface area (TPSA) is 87.7 Å². The average Bonchev–Trinajstić information content (AvgIpc) is 2.39. The summed E-state index contributed by atoms with van der Waals surface area (Å²) < 4.78 is 5.02. The van der Waals surface area contributed by atoms with Crippen LogP contribution in [0.1, 0.15) is 26.2 Å². The molecule has 6 heteroatoms. The number of hydrogen-bond donors (Lipinski definition) is 3. The number of methoxy groups -OCH3 is 1. The molecule has 20 heavy (non-hydrogen) atoms. The first kappa shape index (κ1) is 15.8. The fraction of sp³-hybridized carbons (Fsp3) is 0.429. The van der Waals surface area contributed by atoms with Crippen LogP contribution < -0.4 is 15.4 Å². The third kappa shape index (κ3) is 5.60. The molecule has 0 saturated carbocycles. The number of amides is 2. The molecule has 6 nitrogen and oxygen atoms in total. The van der Waals surface area contributed by atoms with Gasteiger partial charge in [-0.05, 0) is 30.7 Å². The summed E-state index contributed by atoms with van der Waals surface area (Å²) >= 11 is 0.